The quantitative estimate of drug-likeness (QED) is 0.781. The molecule has 0 radical (unpaired) electrons. The number of nitrogens with zero attached hydrogens (tertiary/aromatic N) is 1. The number of aryl methyl sites for hydroxylation is 1. The van der Waals surface area contributed by atoms with E-state index in [1.165, 1.54) is 5.56 Å². The maximum absolute atomic E-state index is 11.0. The van der Waals surface area contributed by atoms with E-state index >= 15 is 0 Å². The standard InChI is InChI=1S/C13H14N2OS/c14-9-8-13(16)15-10-12(17)7-6-11-4-2-1-3-5-11/h1-5H,6-8,10H2,(H,15,16). The van der Waals surface area contributed by atoms with Gasteiger partial charge in [0.25, 0.3) is 0 Å². The molecule has 0 aliphatic rings. The van der Waals surface area contributed by atoms with Gasteiger partial charge in [0, 0.05) is 11.4 Å². The van der Waals surface area contributed by atoms with E-state index < -0.39 is 0 Å². The average molecular weight is 246 g/mol. The molecule has 0 saturated carbocycles. The summed E-state index contributed by atoms with van der Waals surface area (Å²) in [6.45, 7) is 0.378. The van der Waals surface area contributed by atoms with Crippen LogP contribution in [0.1, 0.15) is 18.4 Å². The van der Waals surface area contributed by atoms with Crippen molar-refractivity contribution in [3.05, 3.63) is 35.9 Å². The fraction of sp³-hybridized carbons (Fsp3) is 0.308. The van der Waals surface area contributed by atoms with Crippen molar-refractivity contribution in [3.63, 3.8) is 0 Å². The van der Waals surface area contributed by atoms with Gasteiger partial charge in [-0.25, -0.2) is 0 Å². The van der Waals surface area contributed by atoms with Gasteiger partial charge >= 0.3 is 0 Å². The third kappa shape index (κ3) is 5.79. The molecule has 0 aliphatic carbocycles. The van der Waals surface area contributed by atoms with Gasteiger partial charge < -0.3 is 5.32 Å². The zero-order valence-corrected chi connectivity index (χ0v) is 10.3. The number of benzene rings is 1. The van der Waals surface area contributed by atoms with Gasteiger partial charge in [0.05, 0.1) is 6.07 Å². The molecule has 3 nitrogen and oxygen atoms in total. The third-order valence-electron chi connectivity index (χ3n) is 2.26. The highest BCUT2D eigenvalue weighted by atomic mass is 32.1. The van der Waals surface area contributed by atoms with Crippen molar-refractivity contribution in [1.82, 2.24) is 5.32 Å². The molecule has 1 aromatic carbocycles. The SMILES string of the molecule is N#CCC(=O)NCC(=S)CCc1ccccc1. The molecule has 0 fully saturated rings. The lowest BCUT2D eigenvalue weighted by Gasteiger charge is -2.05. The molecule has 17 heavy (non-hydrogen) atoms. The Labute approximate surface area is 106 Å². The predicted octanol–water partition coefficient (Wildman–Crippen LogP) is 2.02. The van der Waals surface area contributed by atoms with E-state index in [-0.39, 0.29) is 12.3 Å². The van der Waals surface area contributed by atoms with Crippen molar-refractivity contribution in [3.8, 4) is 6.07 Å². The van der Waals surface area contributed by atoms with Crippen LogP contribution in [0.15, 0.2) is 30.3 Å². The minimum atomic E-state index is -0.269. The molecule has 0 unspecified atom stereocenters. The number of carbonyl (C=O) groups excluding carboxylic acids is 1. The molecule has 0 aliphatic heterocycles. The Kier molecular flexibility index (Phi) is 5.91. The molecular weight excluding hydrogens is 232 g/mol. The number of rotatable bonds is 6. The molecular formula is C13H14N2OS. The van der Waals surface area contributed by atoms with Crippen molar-refractivity contribution < 1.29 is 4.79 Å². The van der Waals surface area contributed by atoms with Crippen LogP contribution in [-0.2, 0) is 11.2 Å². The zero-order chi connectivity index (χ0) is 12.5. The summed E-state index contributed by atoms with van der Waals surface area (Å²) in [5.74, 6) is -0.269. The first-order chi connectivity index (χ1) is 8.22. The summed E-state index contributed by atoms with van der Waals surface area (Å²) in [6, 6.07) is 11.9. The molecule has 0 saturated heterocycles. The first-order valence-corrected chi connectivity index (χ1v) is 5.82. The van der Waals surface area contributed by atoms with E-state index in [9.17, 15) is 4.79 Å². The predicted molar refractivity (Wildman–Crippen MR) is 70.6 cm³/mol. The molecule has 1 amide bonds. The van der Waals surface area contributed by atoms with Crippen LogP contribution in [0, 0.1) is 11.3 Å². The van der Waals surface area contributed by atoms with Crippen LogP contribution in [0.2, 0.25) is 0 Å². The summed E-state index contributed by atoms with van der Waals surface area (Å²) in [5.41, 5.74) is 1.23. The first-order valence-electron chi connectivity index (χ1n) is 5.41. The lowest BCUT2D eigenvalue weighted by Crippen LogP contribution is -2.28. The molecule has 4 heteroatoms. The van der Waals surface area contributed by atoms with Crippen molar-refractivity contribution >= 4 is 23.0 Å². The van der Waals surface area contributed by atoms with E-state index in [0.29, 0.717) is 6.54 Å². The Balaban J connectivity index is 2.22. The van der Waals surface area contributed by atoms with Gasteiger partial charge in [-0.3, -0.25) is 4.79 Å². The maximum atomic E-state index is 11.0. The van der Waals surface area contributed by atoms with E-state index in [4.69, 9.17) is 17.5 Å². The molecule has 0 bridgehead atoms. The highest BCUT2D eigenvalue weighted by Crippen LogP contribution is 2.03. The van der Waals surface area contributed by atoms with Gasteiger partial charge in [-0.2, -0.15) is 5.26 Å². The van der Waals surface area contributed by atoms with Crippen LogP contribution in [0.5, 0.6) is 0 Å². The summed E-state index contributed by atoms with van der Waals surface area (Å²) < 4.78 is 0. The second-order valence-electron chi connectivity index (χ2n) is 3.64. The number of thiocarbonyl (C=S) groups is 1. The molecule has 0 spiro atoms. The molecule has 1 aromatic rings. The van der Waals surface area contributed by atoms with E-state index in [1.807, 2.05) is 18.2 Å². The third-order valence-corrected chi connectivity index (χ3v) is 2.61. The van der Waals surface area contributed by atoms with Crippen LogP contribution in [0.3, 0.4) is 0 Å². The normalized spacial score (nSPS) is 9.35. The smallest absolute Gasteiger partial charge is 0.234 e. The van der Waals surface area contributed by atoms with Crippen LogP contribution in [0.4, 0.5) is 0 Å². The van der Waals surface area contributed by atoms with Gasteiger partial charge in [-0.1, -0.05) is 42.5 Å². The van der Waals surface area contributed by atoms with Gasteiger partial charge in [-0.05, 0) is 18.4 Å². The van der Waals surface area contributed by atoms with Gasteiger partial charge in [-0.15, -0.1) is 0 Å². The summed E-state index contributed by atoms with van der Waals surface area (Å²) >= 11 is 5.16. The van der Waals surface area contributed by atoms with Crippen LogP contribution < -0.4 is 5.32 Å². The fourth-order valence-corrected chi connectivity index (χ4v) is 1.52. The molecule has 0 atom stereocenters. The van der Waals surface area contributed by atoms with E-state index in [1.54, 1.807) is 6.07 Å². The monoisotopic (exact) mass is 246 g/mol. The highest BCUT2D eigenvalue weighted by Gasteiger charge is 2.02. The zero-order valence-electron chi connectivity index (χ0n) is 9.48. The van der Waals surface area contributed by atoms with E-state index in [2.05, 4.69) is 17.4 Å². The minimum absolute atomic E-state index is 0.110. The summed E-state index contributed by atoms with van der Waals surface area (Å²) in [4.78, 5) is 11.8. The Bertz CT molecular complexity index is 423. The number of nitriles is 1. The second kappa shape index (κ2) is 7.53. The average Bonchev–Trinajstić information content (AvgIpc) is 2.35. The largest absolute Gasteiger partial charge is 0.351 e. The van der Waals surface area contributed by atoms with Gasteiger partial charge in [0.2, 0.25) is 5.91 Å². The summed E-state index contributed by atoms with van der Waals surface area (Å²) in [6.07, 6.45) is 1.54. The van der Waals surface area contributed by atoms with Crippen LogP contribution in [-0.4, -0.2) is 17.3 Å². The Morgan fingerprint density at radius 3 is 2.71 bits per heavy atom. The van der Waals surface area contributed by atoms with Crippen molar-refractivity contribution in [1.29, 1.82) is 5.26 Å². The molecule has 1 rings (SSSR count). The molecule has 0 aromatic heterocycles. The topological polar surface area (TPSA) is 52.9 Å². The number of hydrogen-bond donors (Lipinski definition) is 1. The molecule has 1 N–H and O–H groups in total. The maximum Gasteiger partial charge on any atom is 0.234 e. The Morgan fingerprint density at radius 1 is 1.35 bits per heavy atom. The van der Waals surface area contributed by atoms with Crippen LogP contribution >= 0.6 is 12.2 Å². The summed E-state index contributed by atoms with van der Waals surface area (Å²) in [5, 5.41) is 10.9. The second-order valence-corrected chi connectivity index (χ2v) is 4.21. The van der Waals surface area contributed by atoms with Gasteiger partial charge in [0.1, 0.15) is 6.42 Å². The molecule has 0 heterocycles. The highest BCUT2D eigenvalue weighted by molar-refractivity contribution is 7.80. The Morgan fingerprint density at radius 2 is 2.06 bits per heavy atom. The van der Waals surface area contributed by atoms with Crippen LogP contribution in [0.25, 0.3) is 0 Å². The minimum Gasteiger partial charge on any atom is -0.351 e. The lowest BCUT2D eigenvalue weighted by molar-refractivity contribution is -0.119. The van der Waals surface area contributed by atoms with Crippen molar-refractivity contribution in [2.24, 2.45) is 0 Å². The summed E-state index contributed by atoms with van der Waals surface area (Å²) in [7, 11) is 0. The number of carbonyl (C=O) groups is 1. The lowest BCUT2D eigenvalue weighted by atomic mass is 10.1. The van der Waals surface area contributed by atoms with Gasteiger partial charge in [0.15, 0.2) is 0 Å². The number of hydrogen-bond acceptors (Lipinski definition) is 3. The first kappa shape index (κ1) is 13.3. The van der Waals surface area contributed by atoms with Crippen molar-refractivity contribution in [2.75, 3.05) is 6.54 Å². The van der Waals surface area contributed by atoms with E-state index in [0.717, 1.165) is 17.7 Å². The number of nitrogens with one attached hydrogen (secondary N) is 1. The van der Waals surface area contributed by atoms with Crippen molar-refractivity contribution in [2.45, 2.75) is 19.3 Å². The fourth-order valence-electron chi connectivity index (χ4n) is 1.35. The Hall–Kier alpha value is -1.73. The number of amides is 1. The molecule has 88 valence electrons.